The predicted octanol–water partition coefficient (Wildman–Crippen LogP) is 2.32. The maximum atomic E-state index is 11.6. The van der Waals surface area contributed by atoms with Crippen molar-refractivity contribution in [3.63, 3.8) is 0 Å². The first-order valence-electron chi connectivity index (χ1n) is 5.99. The summed E-state index contributed by atoms with van der Waals surface area (Å²) in [7, 11) is 0. The zero-order valence-electron chi connectivity index (χ0n) is 10.4. The summed E-state index contributed by atoms with van der Waals surface area (Å²) < 4.78 is 0. The lowest BCUT2D eigenvalue weighted by Gasteiger charge is -2.02. The molecule has 0 atom stereocenters. The number of nitrogens with one attached hydrogen (secondary N) is 2. The summed E-state index contributed by atoms with van der Waals surface area (Å²) in [6, 6.07) is 13.2. The summed E-state index contributed by atoms with van der Waals surface area (Å²) in [6.45, 7) is 0.664. The Bertz CT molecular complexity index is 538. The van der Waals surface area contributed by atoms with Crippen LogP contribution in [0.2, 0.25) is 0 Å². The van der Waals surface area contributed by atoms with Crippen molar-refractivity contribution in [2.75, 3.05) is 5.32 Å². The van der Waals surface area contributed by atoms with Crippen LogP contribution in [-0.2, 0) is 11.3 Å². The van der Waals surface area contributed by atoms with E-state index in [0.29, 0.717) is 6.54 Å². The molecule has 2 rings (SSSR count). The van der Waals surface area contributed by atoms with Gasteiger partial charge < -0.3 is 10.6 Å². The molecule has 0 aliphatic carbocycles. The molecule has 1 heterocycles. The molecule has 0 saturated carbocycles. The van der Waals surface area contributed by atoms with Gasteiger partial charge >= 0.3 is 0 Å². The van der Waals surface area contributed by atoms with Crippen LogP contribution in [0, 0.1) is 0 Å². The summed E-state index contributed by atoms with van der Waals surface area (Å²) in [6.07, 6.45) is 6.58. The van der Waals surface area contributed by atoms with Gasteiger partial charge in [0.1, 0.15) is 0 Å². The lowest BCUT2D eigenvalue weighted by Crippen LogP contribution is -2.10. The van der Waals surface area contributed by atoms with Crippen LogP contribution in [0.5, 0.6) is 0 Å². The van der Waals surface area contributed by atoms with Gasteiger partial charge in [-0.05, 0) is 29.8 Å². The Labute approximate surface area is 112 Å². The minimum atomic E-state index is -0.159. The number of anilines is 1. The van der Waals surface area contributed by atoms with Gasteiger partial charge in [0.15, 0.2) is 0 Å². The molecule has 0 spiro atoms. The van der Waals surface area contributed by atoms with Crippen LogP contribution >= 0.6 is 0 Å². The Balaban J connectivity index is 1.75. The fraction of sp³-hybridized carbons (Fsp3) is 0.0667. The van der Waals surface area contributed by atoms with Crippen molar-refractivity contribution in [1.82, 2.24) is 10.3 Å². The quantitative estimate of drug-likeness (QED) is 0.804. The van der Waals surface area contributed by atoms with Crippen LogP contribution in [0.4, 0.5) is 5.69 Å². The number of para-hydroxylation sites is 1. The van der Waals surface area contributed by atoms with Crippen LogP contribution < -0.4 is 10.6 Å². The van der Waals surface area contributed by atoms with E-state index >= 15 is 0 Å². The van der Waals surface area contributed by atoms with Gasteiger partial charge in [0.2, 0.25) is 5.91 Å². The molecule has 1 amide bonds. The zero-order chi connectivity index (χ0) is 13.3. The van der Waals surface area contributed by atoms with Crippen molar-refractivity contribution in [2.24, 2.45) is 0 Å². The Morgan fingerprint density at radius 3 is 2.58 bits per heavy atom. The van der Waals surface area contributed by atoms with E-state index in [-0.39, 0.29) is 5.91 Å². The number of aromatic nitrogens is 1. The van der Waals surface area contributed by atoms with Gasteiger partial charge in [-0.15, -0.1) is 0 Å². The molecule has 0 aliphatic heterocycles. The number of amides is 1. The molecule has 2 aromatic rings. The third-order valence-corrected chi connectivity index (χ3v) is 2.45. The maximum absolute atomic E-state index is 11.6. The molecule has 0 radical (unpaired) electrons. The van der Waals surface area contributed by atoms with Gasteiger partial charge in [0.05, 0.1) is 0 Å². The van der Waals surface area contributed by atoms with E-state index in [1.807, 2.05) is 42.5 Å². The van der Waals surface area contributed by atoms with Crippen LogP contribution in [0.25, 0.3) is 0 Å². The molecule has 0 aliphatic rings. The lowest BCUT2D eigenvalue weighted by molar-refractivity contribution is -0.111. The Morgan fingerprint density at radius 1 is 1.11 bits per heavy atom. The molecule has 2 N–H and O–H groups in total. The van der Waals surface area contributed by atoms with Gasteiger partial charge in [0.25, 0.3) is 0 Å². The molecule has 0 unspecified atom stereocenters. The Hall–Kier alpha value is -2.62. The van der Waals surface area contributed by atoms with Gasteiger partial charge in [0, 0.05) is 36.9 Å². The van der Waals surface area contributed by atoms with E-state index < -0.39 is 0 Å². The van der Waals surface area contributed by atoms with Crippen molar-refractivity contribution in [2.45, 2.75) is 6.54 Å². The summed E-state index contributed by atoms with van der Waals surface area (Å²) in [5.74, 6) is -0.159. The second kappa shape index (κ2) is 6.96. The molecule has 0 fully saturated rings. The highest BCUT2D eigenvalue weighted by Crippen LogP contribution is 2.04. The average Bonchev–Trinajstić information content (AvgIpc) is 2.46. The summed E-state index contributed by atoms with van der Waals surface area (Å²) >= 11 is 0. The van der Waals surface area contributed by atoms with Crippen molar-refractivity contribution in [3.8, 4) is 0 Å². The van der Waals surface area contributed by atoms with Crippen molar-refractivity contribution in [1.29, 1.82) is 0 Å². The molecule has 4 heteroatoms. The van der Waals surface area contributed by atoms with Crippen LogP contribution in [0.15, 0.2) is 67.1 Å². The summed E-state index contributed by atoms with van der Waals surface area (Å²) in [5, 5.41) is 5.81. The fourth-order valence-electron chi connectivity index (χ4n) is 1.52. The number of nitrogens with zero attached hydrogens (tertiary/aromatic N) is 1. The highest BCUT2D eigenvalue weighted by Gasteiger charge is 1.95. The molecule has 4 nitrogen and oxygen atoms in total. The zero-order valence-corrected chi connectivity index (χ0v) is 10.4. The smallest absolute Gasteiger partial charge is 0.249 e. The second-order valence-corrected chi connectivity index (χ2v) is 3.92. The van der Waals surface area contributed by atoms with Gasteiger partial charge in [-0.3, -0.25) is 9.78 Å². The molecule has 0 saturated heterocycles. The molecule has 19 heavy (non-hydrogen) atoms. The standard InChI is InChI=1S/C15H15N3O/c19-15(18-14-4-2-1-3-5-14)8-11-17-12-13-6-9-16-10-7-13/h1-11,17H,12H2,(H,18,19)/b11-8-. The van der Waals surface area contributed by atoms with Crippen molar-refractivity contribution < 1.29 is 4.79 Å². The minimum absolute atomic E-state index is 0.159. The van der Waals surface area contributed by atoms with Crippen molar-refractivity contribution in [3.05, 3.63) is 72.7 Å². The van der Waals surface area contributed by atoms with Crippen LogP contribution in [0.1, 0.15) is 5.56 Å². The number of hydrogen-bond acceptors (Lipinski definition) is 3. The molecule has 0 bridgehead atoms. The Morgan fingerprint density at radius 2 is 1.84 bits per heavy atom. The largest absolute Gasteiger partial charge is 0.387 e. The predicted molar refractivity (Wildman–Crippen MR) is 75.3 cm³/mol. The highest BCUT2D eigenvalue weighted by atomic mass is 16.1. The lowest BCUT2D eigenvalue weighted by atomic mass is 10.3. The number of pyridine rings is 1. The topological polar surface area (TPSA) is 54.0 Å². The van der Waals surface area contributed by atoms with E-state index in [2.05, 4.69) is 15.6 Å². The van der Waals surface area contributed by atoms with E-state index in [1.165, 1.54) is 6.08 Å². The molecule has 1 aromatic heterocycles. The van der Waals surface area contributed by atoms with Gasteiger partial charge in [-0.2, -0.15) is 0 Å². The maximum Gasteiger partial charge on any atom is 0.249 e. The average molecular weight is 253 g/mol. The third kappa shape index (κ3) is 4.63. The molecule has 1 aromatic carbocycles. The summed E-state index contributed by atoms with van der Waals surface area (Å²) in [4.78, 5) is 15.5. The number of rotatable bonds is 5. The van der Waals surface area contributed by atoms with E-state index in [4.69, 9.17) is 0 Å². The minimum Gasteiger partial charge on any atom is -0.387 e. The van der Waals surface area contributed by atoms with E-state index in [9.17, 15) is 4.79 Å². The Kier molecular flexibility index (Phi) is 4.70. The van der Waals surface area contributed by atoms with Crippen LogP contribution in [-0.4, -0.2) is 10.9 Å². The first-order chi connectivity index (χ1) is 9.34. The van der Waals surface area contributed by atoms with E-state index in [1.54, 1.807) is 18.6 Å². The van der Waals surface area contributed by atoms with Gasteiger partial charge in [-0.25, -0.2) is 0 Å². The SMILES string of the molecule is O=C(/C=C\NCc1ccncc1)Nc1ccccc1. The van der Waals surface area contributed by atoms with Gasteiger partial charge in [-0.1, -0.05) is 18.2 Å². The number of hydrogen-bond donors (Lipinski definition) is 2. The molecular weight excluding hydrogens is 238 g/mol. The first kappa shape index (κ1) is 12.8. The number of benzene rings is 1. The molecular formula is C15H15N3O. The summed E-state index contributed by atoms with van der Waals surface area (Å²) in [5.41, 5.74) is 1.90. The monoisotopic (exact) mass is 253 g/mol. The number of carbonyl (C=O) groups excluding carboxylic acids is 1. The fourth-order valence-corrected chi connectivity index (χ4v) is 1.52. The third-order valence-electron chi connectivity index (χ3n) is 2.45. The highest BCUT2D eigenvalue weighted by molar-refractivity contribution is 5.99. The van der Waals surface area contributed by atoms with E-state index in [0.717, 1.165) is 11.3 Å². The van der Waals surface area contributed by atoms with Crippen molar-refractivity contribution >= 4 is 11.6 Å². The van der Waals surface area contributed by atoms with Crippen LogP contribution in [0.3, 0.4) is 0 Å². The normalized spacial score (nSPS) is 10.3. The number of carbonyl (C=O) groups is 1. The first-order valence-corrected chi connectivity index (χ1v) is 5.99. The second-order valence-electron chi connectivity index (χ2n) is 3.92. The molecule has 96 valence electrons.